The summed E-state index contributed by atoms with van der Waals surface area (Å²) >= 11 is 0. The zero-order valence-corrected chi connectivity index (χ0v) is 31.0. The van der Waals surface area contributed by atoms with Crippen LogP contribution in [0.25, 0.3) is 17.2 Å². The van der Waals surface area contributed by atoms with Crippen LogP contribution in [0, 0.1) is 5.92 Å². The van der Waals surface area contributed by atoms with E-state index in [1.165, 1.54) is 0 Å². The topological polar surface area (TPSA) is 85.7 Å². The number of hydrogen-bond donors (Lipinski definition) is 1. The summed E-state index contributed by atoms with van der Waals surface area (Å²) in [5, 5.41) is 3.09. The molecule has 8 nitrogen and oxygen atoms in total. The Balaban J connectivity index is 1.28. The lowest BCUT2D eigenvalue weighted by Gasteiger charge is -2.27. The number of benzene rings is 3. The average molecular weight is 697 g/mol. The van der Waals surface area contributed by atoms with E-state index in [2.05, 4.69) is 84.7 Å². The molecule has 0 bridgehead atoms. The number of carbonyl (C=O) groups excluding carboxylic acids is 1. The van der Waals surface area contributed by atoms with Crippen LogP contribution in [0.4, 0.5) is 11.4 Å². The normalized spacial score (nSPS) is 14.1. The molecule has 2 atom stereocenters. The minimum Gasteiger partial charge on any atom is -0.491 e. The van der Waals surface area contributed by atoms with Gasteiger partial charge in [-0.2, -0.15) is 0 Å². The summed E-state index contributed by atoms with van der Waals surface area (Å²) in [6, 6.07) is 22.3. The van der Waals surface area contributed by atoms with Gasteiger partial charge in [-0.1, -0.05) is 52.3 Å². The summed E-state index contributed by atoms with van der Waals surface area (Å²) in [6.07, 6.45) is 9.54. The van der Waals surface area contributed by atoms with E-state index in [0.717, 1.165) is 78.5 Å². The first kappa shape index (κ1) is 37.1. The summed E-state index contributed by atoms with van der Waals surface area (Å²) in [5.41, 5.74) is 5.72. The van der Waals surface area contributed by atoms with E-state index in [4.69, 9.17) is 9.47 Å². The summed E-state index contributed by atoms with van der Waals surface area (Å²) in [7, 11) is -1.25. The molecule has 1 amide bonds. The lowest BCUT2D eigenvalue weighted by atomic mass is 10.00. The third kappa shape index (κ3) is 9.94. The standard InChI is InChI=1S/C41H52N4O4S/c1-6-8-23-48-24-25-49-37-14-9-32(10-15-37)33-11-18-39-35(26-33)27-34(19-21-44(39)28-30(3)4)41(46)43-36-12-16-38(17-13-36)50(47)29-40-42-20-22-45(40)31(5)7-2/h9-18,20,22,26-27,30-31H,6-8,19,21,23-25,28-29H2,1-5H3,(H,43,46). The van der Waals surface area contributed by atoms with Crippen LogP contribution in [0.15, 0.2) is 89.6 Å². The quantitative estimate of drug-likeness (QED) is 0.111. The minimum absolute atomic E-state index is 0.127. The molecule has 4 aromatic rings. The van der Waals surface area contributed by atoms with Crippen molar-refractivity contribution in [1.82, 2.24) is 9.55 Å². The highest BCUT2D eigenvalue weighted by atomic mass is 32.2. The van der Waals surface area contributed by atoms with E-state index in [1.807, 2.05) is 48.7 Å². The number of nitrogens with one attached hydrogen (secondary N) is 1. The number of anilines is 2. The third-order valence-corrected chi connectivity index (χ3v) is 10.3. The van der Waals surface area contributed by atoms with E-state index >= 15 is 0 Å². The van der Waals surface area contributed by atoms with Crippen molar-refractivity contribution in [3.05, 3.63) is 96.1 Å². The van der Waals surface area contributed by atoms with Crippen molar-refractivity contribution >= 4 is 34.2 Å². The number of ether oxygens (including phenoxy) is 2. The number of carbonyl (C=O) groups is 1. The van der Waals surface area contributed by atoms with Gasteiger partial charge in [0.25, 0.3) is 5.91 Å². The van der Waals surface area contributed by atoms with Crippen LogP contribution in [-0.2, 0) is 26.1 Å². The molecule has 1 aromatic heterocycles. The van der Waals surface area contributed by atoms with Gasteiger partial charge in [-0.05, 0) is 103 Å². The number of nitrogens with zero attached hydrogens (tertiary/aromatic N) is 3. The smallest absolute Gasteiger partial charge is 0.251 e. The maximum atomic E-state index is 13.7. The van der Waals surface area contributed by atoms with E-state index in [1.54, 1.807) is 6.20 Å². The summed E-state index contributed by atoms with van der Waals surface area (Å²) in [5.74, 6) is 2.32. The molecule has 9 heteroatoms. The summed E-state index contributed by atoms with van der Waals surface area (Å²) in [6.45, 7) is 14.4. The lowest BCUT2D eigenvalue weighted by molar-refractivity contribution is -0.112. The highest BCUT2D eigenvalue weighted by molar-refractivity contribution is 7.84. The molecule has 1 aliphatic rings. The Kier molecular flexibility index (Phi) is 13.5. The van der Waals surface area contributed by atoms with E-state index in [0.29, 0.717) is 47.9 Å². The average Bonchev–Trinajstić information content (AvgIpc) is 3.51. The van der Waals surface area contributed by atoms with Crippen molar-refractivity contribution in [2.24, 2.45) is 5.92 Å². The number of amides is 1. The fourth-order valence-corrected chi connectivity index (χ4v) is 7.11. The van der Waals surface area contributed by atoms with Crippen molar-refractivity contribution in [3.8, 4) is 16.9 Å². The van der Waals surface area contributed by atoms with Gasteiger partial charge in [-0.25, -0.2) is 4.98 Å². The van der Waals surface area contributed by atoms with Crippen LogP contribution in [0.2, 0.25) is 0 Å². The first-order valence-corrected chi connectivity index (χ1v) is 19.3. The van der Waals surface area contributed by atoms with Gasteiger partial charge in [-0.15, -0.1) is 0 Å². The van der Waals surface area contributed by atoms with Crippen molar-refractivity contribution in [2.75, 3.05) is 43.1 Å². The Morgan fingerprint density at radius 2 is 1.72 bits per heavy atom. The Morgan fingerprint density at radius 1 is 0.960 bits per heavy atom. The van der Waals surface area contributed by atoms with Gasteiger partial charge in [0.2, 0.25) is 0 Å². The van der Waals surface area contributed by atoms with Gasteiger partial charge in [-0.3, -0.25) is 9.00 Å². The van der Waals surface area contributed by atoms with E-state index in [-0.39, 0.29) is 5.91 Å². The maximum absolute atomic E-state index is 13.7. The number of hydrogen-bond acceptors (Lipinski definition) is 6. The first-order valence-electron chi connectivity index (χ1n) is 18.0. The number of aromatic nitrogens is 2. The van der Waals surface area contributed by atoms with Gasteiger partial charge in [0, 0.05) is 60.0 Å². The molecule has 50 heavy (non-hydrogen) atoms. The van der Waals surface area contributed by atoms with Crippen molar-refractivity contribution in [2.45, 2.75) is 77.0 Å². The molecular formula is C41H52N4O4S. The molecule has 0 spiro atoms. The molecule has 0 fully saturated rings. The second-order valence-corrected chi connectivity index (χ2v) is 14.8. The monoisotopic (exact) mass is 696 g/mol. The first-order chi connectivity index (χ1) is 24.2. The maximum Gasteiger partial charge on any atom is 0.251 e. The molecule has 1 aliphatic heterocycles. The van der Waals surface area contributed by atoms with Crippen LogP contribution in [0.3, 0.4) is 0 Å². The summed E-state index contributed by atoms with van der Waals surface area (Å²) in [4.78, 5) is 21.2. The van der Waals surface area contributed by atoms with Crippen LogP contribution in [0.1, 0.15) is 77.7 Å². The fraction of sp³-hybridized carbons (Fsp3) is 0.415. The molecule has 1 N–H and O–H groups in total. The summed E-state index contributed by atoms with van der Waals surface area (Å²) < 4.78 is 26.8. The van der Waals surface area contributed by atoms with Gasteiger partial charge in [0.05, 0.1) is 23.2 Å². The second kappa shape index (κ2) is 18.2. The highest BCUT2D eigenvalue weighted by Crippen LogP contribution is 2.34. The molecule has 5 rings (SSSR count). The zero-order valence-electron chi connectivity index (χ0n) is 30.2. The van der Waals surface area contributed by atoms with Crippen LogP contribution in [-0.4, -0.2) is 52.6 Å². The predicted molar refractivity (Wildman–Crippen MR) is 205 cm³/mol. The van der Waals surface area contributed by atoms with Crippen LogP contribution < -0.4 is 15.0 Å². The predicted octanol–water partition coefficient (Wildman–Crippen LogP) is 8.91. The van der Waals surface area contributed by atoms with E-state index < -0.39 is 10.8 Å². The van der Waals surface area contributed by atoms with Gasteiger partial charge in [0.1, 0.15) is 18.2 Å². The number of fused-ring (bicyclic) bond motifs is 1. The third-order valence-electron chi connectivity index (χ3n) is 9.00. The van der Waals surface area contributed by atoms with Crippen molar-refractivity contribution in [3.63, 3.8) is 0 Å². The lowest BCUT2D eigenvalue weighted by Crippen LogP contribution is -2.29. The molecule has 0 saturated heterocycles. The molecule has 0 radical (unpaired) electrons. The molecule has 0 saturated carbocycles. The van der Waals surface area contributed by atoms with Crippen LogP contribution >= 0.6 is 0 Å². The van der Waals surface area contributed by atoms with Crippen LogP contribution in [0.5, 0.6) is 5.75 Å². The number of rotatable bonds is 17. The SMILES string of the molecule is CCCCOCCOc1ccc(-c2ccc3c(c2)C=C(C(=O)Nc2ccc(S(=O)Cc4nccn4C(C)CC)cc2)CCN3CC(C)C)cc1. The Bertz CT molecular complexity index is 1750. The molecular weight excluding hydrogens is 645 g/mol. The van der Waals surface area contributed by atoms with Crippen molar-refractivity contribution < 1.29 is 18.5 Å². The largest absolute Gasteiger partial charge is 0.491 e. The minimum atomic E-state index is -1.25. The molecule has 2 unspecified atom stereocenters. The molecule has 0 aliphatic carbocycles. The molecule has 2 heterocycles. The van der Waals surface area contributed by atoms with Gasteiger partial charge in [0.15, 0.2) is 0 Å². The van der Waals surface area contributed by atoms with Gasteiger partial charge >= 0.3 is 0 Å². The Morgan fingerprint density at radius 3 is 2.44 bits per heavy atom. The molecule has 3 aromatic carbocycles. The Hall–Kier alpha value is -4.21. The Labute approximate surface area is 300 Å². The fourth-order valence-electron chi connectivity index (χ4n) is 6.05. The van der Waals surface area contributed by atoms with E-state index in [9.17, 15) is 9.00 Å². The zero-order chi connectivity index (χ0) is 35.5. The second-order valence-electron chi connectivity index (χ2n) is 13.3. The van der Waals surface area contributed by atoms with Crippen molar-refractivity contribution in [1.29, 1.82) is 0 Å². The molecule has 266 valence electrons. The highest BCUT2D eigenvalue weighted by Gasteiger charge is 2.21. The number of imidazole rings is 1. The number of unbranched alkanes of at least 4 members (excludes halogenated alkanes) is 1. The van der Waals surface area contributed by atoms with Gasteiger partial charge < -0.3 is 24.3 Å².